The second-order valence-electron chi connectivity index (χ2n) is 16.8. The van der Waals surface area contributed by atoms with E-state index in [0.29, 0.717) is 0 Å². The molecule has 1 spiro atoms. The van der Waals surface area contributed by atoms with Crippen molar-refractivity contribution < 1.29 is 91.2 Å². The minimum absolute atomic E-state index is 0.0945. The lowest BCUT2D eigenvalue weighted by Crippen LogP contribution is -2.89. The molecule has 0 radical (unpaired) electrons. The fraction of sp³-hybridized carbons (Fsp3) is 0.558. The van der Waals surface area contributed by atoms with Gasteiger partial charge in [0, 0.05) is 47.0 Å². The van der Waals surface area contributed by atoms with Gasteiger partial charge >= 0.3 is 47.8 Å². The Morgan fingerprint density at radius 1 is 0.762 bits per heavy atom. The van der Waals surface area contributed by atoms with Gasteiger partial charge in [0.2, 0.25) is 0 Å². The molecule has 20 heteroatoms. The maximum Gasteiger partial charge on any atom is 0.340 e. The van der Waals surface area contributed by atoms with Gasteiger partial charge in [0.15, 0.2) is 35.6 Å². The maximum atomic E-state index is 14.5. The number of aryl methyl sites for hydroxylation is 1. The Hall–Kier alpha value is -5.99. The Kier molecular flexibility index (Phi) is 12.5. The molecule has 2 aliphatic heterocycles. The topological polar surface area (TPSA) is 273 Å². The second-order valence-corrected chi connectivity index (χ2v) is 16.8. The summed E-state index contributed by atoms with van der Waals surface area (Å²) in [6, 6.07) is 8.75. The summed E-state index contributed by atoms with van der Waals surface area (Å²) in [5, 5.41) is 25.4. The summed E-state index contributed by atoms with van der Waals surface area (Å²) in [5.74, 6) is -10.5. The van der Waals surface area contributed by atoms with Crippen LogP contribution in [-0.4, -0.2) is 135 Å². The smallest absolute Gasteiger partial charge is 0.340 e. The fourth-order valence-corrected chi connectivity index (χ4v) is 9.75. The van der Waals surface area contributed by atoms with Crippen LogP contribution in [0.5, 0.6) is 0 Å². The van der Waals surface area contributed by atoms with Crippen molar-refractivity contribution in [3.63, 3.8) is 0 Å². The number of ether oxygens (including phenoxy) is 9. The molecule has 1 saturated heterocycles. The Bertz CT molecular complexity index is 2190. The number of nitrogens with zero attached hydrogens (tertiary/aromatic N) is 1. The van der Waals surface area contributed by atoms with Crippen LogP contribution >= 0.6 is 0 Å². The van der Waals surface area contributed by atoms with Gasteiger partial charge in [-0.25, -0.2) is 14.4 Å². The number of fused-ring (bicyclic) bond motifs is 5. The van der Waals surface area contributed by atoms with E-state index in [2.05, 4.69) is 4.98 Å². The van der Waals surface area contributed by atoms with Gasteiger partial charge in [0.1, 0.15) is 42.0 Å². The van der Waals surface area contributed by atoms with E-state index in [-0.39, 0.29) is 23.1 Å². The molecular weight excluding hydrogens is 834 g/mol. The summed E-state index contributed by atoms with van der Waals surface area (Å²) in [4.78, 5) is 113. The third kappa shape index (κ3) is 7.99. The number of aromatic nitrogens is 1. The zero-order valence-electron chi connectivity index (χ0n) is 35.8. The predicted molar refractivity (Wildman–Crippen MR) is 207 cm³/mol. The highest BCUT2D eigenvalue weighted by atomic mass is 16.7. The van der Waals surface area contributed by atoms with Crippen LogP contribution in [0.15, 0.2) is 48.8 Å². The number of cyclic esters (lactones) is 1. The highest BCUT2D eigenvalue weighted by Gasteiger charge is 2.92. The zero-order valence-corrected chi connectivity index (χ0v) is 35.8. The van der Waals surface area contributed by atoms with Gasteiger partial charge in [-0.05, 0) is 57.4 Å². The lowest BCUT2D eigenvalue weighted by molar-refractivity contribution is -0.386. The van der Waals surface area contributed by atoms with Gasteiger partial charge in [-0.3, -0.25) is 29.0 Å². The van der Waals surface area contributed by atoms with E-state index in [1.807, 2.05) is 0 Å². The fourth-order valence-electron chi connectivity index (χ4n) is 9.75. The Morgan fingerprint density at radius 2 is 1.35 bits per heavy atom. The van der Waals surface area contributed by atoms with Gasteiger partial charge in [0.25, 0.3) is 0 Å². The summed E-state index contributed by atoms with van der Waals surface area (Å²) < 4.78 is 54.9. The van der Waals surface area contributed by atoms with Crippen LogP contribution in [0.4, 0.5) is 0 Å². The molecule has 3 fully saturated rings. The standard InChI is InChI=1S/C43H49NO19/c1-21(45)55-20-42-34(59-24(4)48)30(57-22(2)46)29-32(58-23(3)47)43(42)41(8,54)33(31(35(42)60-25(5)49)61-36(50)27-12-10-9-11-13-27)62-38(52)39(6,53)16-14-26-15-17-44-18-28(26)37(51)56-19-40(29,7)63-43/h9-13,15,17-18,29-35,53-54H,14,16,19-20H2,1-8H3/t29-,30-,31+,32-,33+,34-,35+,39-,40+,41+,42-,43+/m1/s1. The minimum atomic E-state index is -2.98. The number of hydrogen-bond donors (Lipinski definition) is 2. The van der Waals surface area contributed by atoms with Crippen molar-refractivity contribution in [3.8, 4) is 0 Å². The highest BCUT2D eigenvalue weighted by molar-refractivity contribution is 5.91. The zero-order chi connectivity index (χ0) is 46.4. The third-order valence-corrected chi connectivity index (χ3v) is 12.2. The summed E-state index contributed by atoms with van der Waals surface area (Å²) >= 11 is 0. The number of rotatable bonds is 8. The van der Waals surface area contributed by atoms with Gasteiger partial charge < -0.3 is 52.8 Å². The molecule has 63 heavy (non-hydrogen) atoms. The molecule has 3 heterocycles. The summed E-state index contributed by atoms with van der Waals surface area (Å²) in [5.41, 5.74) is -13.1. The van der Waals surface area contributed by atoms with Gasteiger partial charge in [-0.1, -0.05) is 18.2 Å². The van der Waals surface area contributed by atoms with Gasteiger partial charge in [0.05, 0.1) is 17.0 Å². The number of carbonyl (C=O) groups excluding carboxylic acids is 8. The first-order valence-electron chi connectivity index (χ1n) is 20.0. The van der Waals surface area contributed by atoms with Gasteiger partial charge in [-0.2, -0.15) is 0 Å². The average molecular weight is 884 g/mol. The van der Waals surface area contributed by atoms with Crippen molar-refractivity contribution in [2.75, 3.05) is 13.2 Å². The normalized spacial score (nSPS) is 35.8. The molecule has 1 aromatic carbocycles. The van der Waals surface area contributed by atoms with Crippen molar-refractivity contribution in [3.05, 3.63) is 65.5 Å². The number of carbonyl (C=O) groups is 8. The highest BCUT2D eigenvalue weighted by Crippen LogP contribution is 2.70. The van der Waals surface area contributed by atoms with E-state index in [9.17, 15) is 48.6 Å². The van der Waals surface area contributed by atoms with Crippen molar-refractivity contribution in [2.24, 2.45) is 11.3 Å². The monoisotopic (exact) mass is 883 g/mol. The first-order valence-corrected chi connectivity index (χ1v) is 20.0. The van der Waals surface area contributed by atoms with Crippen LogP contribution in [0.25, 0.3) is 0 Å². The van der Waals surface area contributed by atoms with E-state index in [1.54, 1.807) is 6.07 Å². The molecule has 20 nitrogen and oxygen atoms in total. The van der Waals surface area contributed by atoms with Gasteiger partial charge in [-0.15, -0.1) is 0 Å². The Balaban J connectivity index is 1.79. The van der Waals surface area contributed by atoms with Crippen molar-refractivity contribution in [1.82, 2.24) is 4.98 Å². The minimum Gasteiger partial charge on any atom is -0.465 e. The predicted octanol–water partition coefficient (Wildman–Crippen LogP) is 1.27. The molecule has 12 atom stereocenters. The van der Waals surface area contributed by atoms with Crippen LogP contribution in [0.1, 0.15) is 88.1 Å². The third-order valence-electron chi connectivity index (χ3n) is 12.2. The molecule has 2 aromatic rings. The van der Waals surface area contributed by atoms with Crippen LogP contribution in [0.3, 0.4) is 0 Å². The summed E-state index contributed by atoms with van der Waals surface area (Å²) in [7, 11) is 0. The van der Waals surface area contributed by atoms with E-state index >= 15 is 0 Å². The number of hydrogen-bond acceptors (Lipinski definition) is 20. The molecule has 0 unspecified atom stereocenters. The number of benzene rings is 1. The number of aliphatic hydroxyl groups is 2. The number of pyridine rings is 1. The molecular formula is C43H49NO19. The SMILES string of the molecule is CC(=O)OC[C@]12[C@H](OC(C)=O)[C@H](OC(C)=O)[C@@H]3[C@@H](OC(C)=O)[C@@]14O[C@@]3(C)COC(=O)c1cnccc1CC[C@@](C)(O)C(=O)O[C@@H]([C@H](OC(=O)c1ccccc1)[C@@H]2OC(C)=O)[C@]4(C)O. The molecule has 1 aromatic heterocycles. The van der Waals surface area contributed by atoms with E-state index in [4.69, 9.17) is 42.6 Å². The van der Waals surface area contributed by atoms with E-state index in [1.165, 1.54) is 49.6 Å². The van der Waals surface area contributed by atoms with E-state index < -0.39 is 138 Å². The van der Waals surface area contributed by atoms with Crippen molar-refractivity contribution in [2.45, 2.75) is 127 Å². The van der Waals surface area contributed by atoms with Crippen LogP contribution < -0.4 is 0 Å². The number of esters is 8. The summed E-state index contributed by atoms with van der Waals surface area (Å²) in [6.07, 6.45) is -10.7. The first-order chi connectivity index (χ1) is 29.4. The Morgan fingerprint density at radius 3 is 1.94 bits per heavy atom. The quantitative estimate of drug-likeness (QED) is 0.279. The molecule has 4 bridgehead atoms. The van der Waals surface area contributed by atoms with Crippen molar-refractivity contribution in [1.29, 1.82) is 0 Å². The average Bonchev–Trinajstić information content (AvgIpc) is 3.42. The summed E-state index contributed by atoms with van der Waals surface area (Å²) in [6.45, 7) is 6.38. The first kappa shape index (κ1) is 46.5. The van der Waals surface area contributed by atoms with Crippen LogP contribution in [-0.2, 0) is 77.8 Å². The molecule has 0 amide bonds. The Labute approximate surface area is 360 Å². The second kappa shape index (κ2) is 16.9. The lowest BCUT2D eigenvalue weighted by atomic mass is 9.45. The van der Waals surface area contributed by atoms with E-state index in [0.717, 1.165) is 48.5 Å². The van der Waals surface area contributed by atoms with Crippen LogP contribution in [0.2, 0.25) is 0 Å². The molecule has 2 N–H and O–H groups in total. The lowest BCUT2D eigenvalue weighted by Gasteiger charge is -2.67. The molecule has 2 saturated carbocycles. The molecule has 2 aliphatic carbocycles. The largest absolute Gasteiger partial charge is 0.465 e. The molecule has 340 valence electrons. The molecule has 6 rings (SSSR count). The van der Waals surface area contributed by atoms with Crippen LogP contribution in [0, 0.1) is 11.3 Å². The van der Waals surface area contributed by atoms with Crippen molar-refractivity contribution >= 4 is 47.8 Å². The maximum absolute atomic E-state index is 14.5. The molecule has 4 aliphatic rings.